The number of aliphatic hydroxyl groups excluding tert-OH is 1. The van der Waals surface area contributed by atoms with E-state index in [0.717, 1.165) is 5.52 Å². The average molecular weight is 353 g/mol. The Labute approximate surface area is 148 Å². The minimum Gasteiger partial charge on any atom is -0.504 e. The van der Waals surface area contributed by atoms with Gasteiger partial charge in [-0.3, -0.25) is 9.48 Å². The Kier molecular flexibility index (Phi) is 4.42. The number of aromatic nitrogens is 2. The Morgan fingerprint density at radius 3 is 2.76 bits per heavy atom. The summed E-state index contributed by atoms with van der Waals surface area (Å²) >= 11 is 5.88. The summed E-state index contributed by atoms with van der Waals surface area (Å²) in [6.07, 6.45) is 0. The second-order valence-electron chi connectivity index (χ2n) is 5.29. The molecule has 2 aromatic carbocycles. The molecule has 3 aromatic rings. The summed E-state index contributed by atoms with van der Waals surface area (Å²) < 4.78 is 1.57. The van der Waals surface area contributed by atoms with Crippen molar-refractivity contribution in [3.63, 3.8) is 0 Å². The normalized spacial score (nSPS) is 11.7. The molecule has 0 aliphatic heterocycles. The highest BCUT2D eigenvalue weighted by atomic mass is 35.5. The van der Waals surface area contributed by atoms with E-state index in [4.69, 9.17) is 11.6 Å². The van der Waals surface area contributed by atoms with Crippen molar-refractivity contribution in [3.05, 3.63) is 64.8 Å². The van der Waals surface area contributed by atoms with E-state index >= 15 is 0 Å². The molecule has 0 aliphatic carbocycles. The van der Waals surface area contributed by atoms with Crippen molar-refractivity contribution >= 4 is 39.9 Å². The number of aliphatic hydroxyl groups is 1. The first-order chi connectivity index (χ1) is 12.0. The number of nitrogens with one attached hydrogen (secondary N) is 1. The largest absolute Gasteiger partial charge is 0.504 e. The lowest BCUT2D eigenvalue weighted by Crippen LogP contribution is -2.15. The molecule has 6 nitrogen and oxygen atoms in total. The lowest BCUT2D eigenvalue weighted by Gasteiger charge is -2.06. The molecular formula is C18H13ClN4O2. The number of para-hydroxylation sites is 1. The number of anilines is 1. The van der Waals surface area contributed by atoms with Crippen LogP contribution >= 0.6 is 11.6 Å². The smallest absolute Gasteiger partial charge is 0.270 e. The summed E-state index contributed by atoms with van der Waals surface area (Å²) in [6, 6.07) is 15.5. The molecule has 0 fully saturated rings. The summed E-state index contributed by atoms with van der Waals surface area (Å²) in [5.74, 6) is -1.21. The SMILES string of the molecule is Cn1nc(/C(O)=C(\C#N)C(=O)Nc2cccc(Cl)c2)c2ccccc21. The van der Waals surface area contributed by atoms with Crippen LogP contribution in [0.1, 0.15) is 5.69 Å². The van der Waals surface area contributed by atoms with E-state index in [-0.39, 0.29) is 5.69 Å². The van der Waals surface area contributed by atoms with Gasteiger partial charge in [0, 0.05) is 23.1 Å². The number of rotatable bonds is 3. The van der Waals surface area contributed by atoms with Gasteiger partial charge in [0.05, 0.1) is 5.52 Å². The quantitative estimate of drug-likeness (QED) is 0.427. The van der Waals surface area contributed by atoms with Gasteiger partial charge in [0.1, 0.15) is 11.8 Å². The third-order valence-electron chi connectivity index (χ3n) is 3.64. The molecule has 0 aliphatic rings. The number of hydrogen-bond acceptors (Lipinski definition) is 4. The van der Waals surface area contributed by atoms with Crippen molar-refractivity contribution in [2.24, 2.45) is 7.05 Å². The number of aryl methyl sites for hydroxylation is 1. The molecule has 3 rings (SSSR count). The lowest BCUT2D eigenvalue weighted by molar-refractivity contribution is -0.112. The van der Waals surface area contributed by atoms with Gasteiger partial charge in [0.25, 0.3) is 5.91 Å². The Balaban J connectivity index is 2.03. The van der Waals surface area contributed by atoms with E-state index < -0.39 is 17.2 Å². The van der Waals surface area contributed by atoms with E-state index in [0.29, 0.717) is 16.1 Å². The zero-order valence-electron chi connectivity index (χ0n) is 13.2. The fourth-order valence-corrected chi connectivity index (χ4v) is 2.67. The Hall–Kier alpha value is -3.30. The predicted molar refractivity (Wildman–Crippen MR) is 96.0 cm³/mol. The van der Waals surface area contributed by atoms with Crippen LogP contribution in [0, 0.1) is 11.3 Å². The monoisotopic (exact) mass is 352 g/mol. The van der Waals surface area contributed by atoms with Gasteiger partial charge in [-0.15, -0.1) is 0 Å². The van der Waals surface area contributed by atoms with E-state index in [1.165, 1.54) is 0 Å². The van der Waals surface area contributed by atoms with Crippen molar-refractivity contribution in [2.75, 3.05) is 5.32 Å². The van der Waals surface area contributed by atoms with Crippen molar-refractivity contribution in [1.29, 1.82) is 5.26 Å². The second kappa shape index (κ2) is 6.67. The van der Waals surface area contributed by atoms with Crippen LogP contribution in [-0.2, 0) is 11.8 Å². The summed E-state index contributed by atoms with van der Waals surface area (Å²) in [5, 5.41) is 27.7. The highest BCUT2D eigenvalue weighted by Crippen LogP contribution is 2.25. The van der Waals surface area contributed by atoms with Gasteiger partial charge >= 0.3 is 0 Å². The number of hydrogen-bond donors (Lipinski definition) is 2. The zero-order valence-corrected chi connectivity index (χ0v) is 13.9. The van der Waals surface area contributed by atoms with Crippen LogP contribution in [0.5, 0.6) is 0 Å². The van der Waals surface area contributed by atoms with Gasteiger partial charge in [-0.05, 0) is 24.3 Å². The molecule has 0 unspecified atom stereocenters. The van der Waals surface area contributed by atoms with Crippen LogP contribution in [0.25, 0.3) is 16.7 Å². The number of fused-ring (bicyclic) bond motifs is 1. The topological polar surface area (TPSA) is 90.9 Å². The fraction of sp³-hybridized carbons (Fsp3) is 0.0556. The number of nitrogens with zero attached hydrogens (tertiary/aromatic N) is 3. The number of nitriles is 1. The first-order valence-electron chi connectivity index (χ1n) is 7.33. The van der Waals surface area contributed by atoms with E-state index in [1.807, 2.05) is 12.1 Å². The molecule has 1 aromatic heterocycles. The van der Waals surface area contributed by atoms with Crippen molar-refractivity contribution in [3.8, 4) is 6.07 Å². The van der Waals surface area contributed by atoms with Gasteiger partial charge in [0.15, 0.2) is 11.3 Å². The zero-order chi connectivity index (χ0) is 18.0. The molecule has 0 spiro atoms. The van der Waals surface area contributed by atoms with Crippen molar-refractivity contribution in [2.45, 2.75) is 0 Å². The van der Waals surface area contributed by atoms with E-state index in [9.17, 15) is 15.2 Å². The standard InChI is InChI=1S/C18H13ClN4O2/c1-23-15-8-3-2-7-13(15)16(22-23)17(24)14(10-20)18(25)21-12-6-4-5-11(19)9-12/h2-9,24H,1H3,(H,21,25)/b17-14-. The van der Waals surface area contributed by atoms with Gasteiger partial charge in [-0.1, -0.05) is 35.9 Å². The summed E-state index contributed by atoms with van der Waals surface area (Å²) in [4.78, 5) is 12.4. The van der Waals surface area contributed by atoms with Gasteiger partial charge in [0.2, 0.25) is 0 Å². The van der Waals surface area contributed by atoms with Crippen LogP contribution in [0.2, 0.25) is 5.02 Å². The number of benzene rings is 2. The third kappa shape index (κ3) is 3.18. The predicted octanol–water partition coefficient (Wildman–Crippen LogP) is 3.66. The van der Waals surface area contributed by atoms with Crippen LogP contribution in [-0.4, -0.2) is 20.8 Å². The molecule has 0 saturated carbocycles. The maximum Gasteiger partial charge on any atom is 0.270 e. The van der Waals surface area contributed by atoms with Gasteiger partial charge in [-0.2, -0.15) is 10.4 Å². The van der Waals surface area contributed by atoms with E-state index in [1.54, 1.807) is 54.2 Å². The highest BCUT2D eigenvalue weighted by Gasteiger charge is 2.21. The molecule has 0 saturated heterocycles. The minimum absolute atomic E-state index is 0.177. The summed E-state index contributed by atoms with van der Waals surface area (Å²) in [5.41, 5.74) is 0.945. The first-order valence-corrected chi connectivity index (χ1v) is 7.71. The van der Waals surface area contributed by atoms with Crippen LogP contribution in [0.3, 0.4) is 0 Å². The number of carbonyl (C=O) groups is 1. The molecule has 0 atom stereocenters. The molecular weight excluding hydrogens is 340 g/mol. The summed E-state index contributed by atoms with van der Waals surface area (Å²) in [6.45, 7) is 0. The summed E-state index contributed by atoms with van der Waals surface area (Å²) in [7, 11) is 1.72. The maximum absolute atomic E-state index is 12.4. The molecule has 1 heterocycles. The van der Waals surface area contributed by atoms with Crippen molar-refractivity contribution < 1.29 is 9.90 Å². The van der Waals surface area contributed by atoms with Gasteiger partial charge in [-0.25, -0.2) is 0 Å². The number of carbonyl (C=O) groups excluding carboxylic acids is 1. The Morgan fingerprint density at radius 2 is 2.04 bits per heavy atom. The Bertz CT molecular complexity index is 1050. The fourth-order valence-electron chi connectivity index (χ4n) is 2.48. The second-order valence-corrected chi connectivity index (χ2v) is 5.73. The van der Waals surface area contributed by atoms with Gasteiger partial charge < -0.3 is 10.4 Å². The number of amides is 1. The molecule has 0 radical (unpaired) electrons. The maximum atomic E-state index is 12.4. The molecule has 0 bridgehead atoms. The molecule has 124 valence electrons. The Morgan fingerprint density at radius 1 is 1.28 bits per heavy atom. The third-order valence-corrected chi connectivity index (χ3v) is 3.88. The average Bonchev–Trinajstić information content (AvgIpc) is 2.93. The molecule has 25 heavy (non-hydrogen) atoms. The van der Waals surface area contributed by atoms with Crippen LogP contribution in [0.4, 0.5) is 5.69 Å². The molecule has 1 amide bonds. The highest BCUT2D eigenvalue weighted by molar-refractivity contribution is 6.31. The van der Waals surface area contributed by atoms with Crippen LogP contribution in [0.15, 0.2) is 54.1 Å². The molecule has 2 N–H and O–H groups in total. The molecule has 7 heteroatoms. The van der Waals surface area contributed by atoms with E-state index in [2.05, 4.69) is 10.4 Å². The first kappa shape index (κ1) is 16.6. The van der Waals surface area contributed by atoms with Crippen LogP contribution < -0.4 is 5.32 Å². The van der Waals surface area contributed by atoms with Crippen molar-refractivity contribution in [1.82, 2.24) is 9.78 Å². The minimum atomic E-state index is -0.739. The lowest BCUT2D eigenvalue weighted by atomic mass is 10.1. The number of halogens is 1.